The number of para-hydroxylation sites is 2. The van der Waals surface area contributed by atoms with Gasteiger partial charge in [-0.25, -0.2) is 0 Å². The smallest absolute Gasteiger partial charge is 0.205 e. The van der Waals surface area contributed by atoms with Crippen molar-refractivity contribution < 1.29 is 9.15 Å². The zero-order valence-corrected chi connectivity index (χ0v) is 9.93. The number of hydrogen-bond acceptors (Lipinski definition) is 4. The fourth-order valence-electron chi connectivity index (χ4n) is 2.07. The predicted octanol–water partition coefficient (Wildman–Crippen LogP) is 2.50. The highest BCUT2D eigenvalue weighted by Gasteiger charge is 2.25. The van der Waals surface area contributed by atoms with Crippen LogP contribution in [0, 0.1) is 5.41 Å². The van der Waals surface area contributed by atoms with Gasteiger partial charge in [-0.1, -0.05) is 12.1 Å². The van der Waals surface area contributed by atoms with Crippen LogP contribution in [0.25, 0.3) is 0 Å². The summed E-state index contributed by atoms with van der Waals surface area (Å²) < 4.78 is 10.6. The number of fused-ring (bicyclic) bond motifs is 1. The molecule has 0 amide bonds. The number of nitrogens with zero attached hydrogens (tertiary/aromatic N) is 1. The van der Waals surface area contributed by atoms with Crippen molar-refractivity contribution in [2.75, 3.05) is 24.0 Å². The average Bonchev–Trinajstić information content (AvgIpc) is 2.88. The molecule has 0 aliphatic carbocycles. The summed E-state index contributed by atoms with van der Waals surface area (Å²) in [7, 11) is 1.63. The van der Waals surface area contributed by atoms with Crippen LogP contribution in [0.15, 0.2) is 41.0 Å². The SMILES string of the molecule is COc1ccccc1N1CNc2occc2C1=N. The van der Waals surface area contributed by atoms with Crippen molar-refractivity contribution in [2.45, 2.75) is 0 Å². The quantitative estimate of drug-likeness (QED) is 0.850. The minimum absolute atomic E-state index is 0.405. The monoisotopic (exact) mass is 243 g/mol. The second kappa shape index (κ2) is 4.10. The Kier molecular flexibility index (Phi) is 2.44. The van der Waals surface area contributed by atoms with Gasteiger partial charge in [-0.05, 0) is 18.2 Å². The first-order valence-electron chi connectivity index (χ1n) is 5.62. The molecule has 0 spiro atoms. The van der Waals surface area contributed by atoms with E-state index in [9.17, 15) is 0 Å². The van der Waals surface area contributed by atoms with E-state index in [1.165, 1.54) is 0 Å². The van der Waals surface area contributed by atoms with Gasteiger partial charge in [-0.3, -0.25) is 5.41 Å². The summed E-state index contributed by atoms with van der Waals surface area (Å²) in [6.07, 6.45) is 1.58. The zero-order chi connectivity index (χ0) is 12.5. The fraction of sp³-hybridized carbons (Fsp3) is 0.154. The largest absolute Gasteiger partial charge is 0.495 e. The molecule has 5 nitrogen and oxygen atoms in total. The molecule has 0 saturated heterocycles. The third kappa shape index (κ3) is 1.52. The van der Waals surface area contributed by atoms with Crippen molar-refractivity contribution in [3.05, 3.63) is 42.2 Å². The Balaban J connectivity index is 2.02. The molecule has 2 N–H and O–H groups in total. The van der Waals surface area contributed by atoms with Crippen LogP contribution in [0.3, 0.4) is 0 Å². The third-order valence-electron chi connectivity index (χ3n) is 2.96. The van der Waals surface area contributed by atoms with Gasteiger partial charge in [0.05, 0.1) is 31.3 Å². The molecule has 5 heteroatoms. The Labute approximate surface area is 104 Å². The van der Waals surface area contributed by atoms with Gasteiger partial charge in [0.1, 0.15) is 11.6 Å². The van der Waals surface area contributed by atoms with Gasteiger partial charge >= 0.3 is 0 Å². The van der Waals surface area contributed by atoms with E-state index < -0.39 is 0 Å². The van der Waals surface area contributed by atoms with E-state index in [-0.39, 0.29) is 0 Å². The standard InChI is InChI=1S/C13H13N3O2/c1-17-11-5-3-2-4-10(11)16-8-15-13-9(12(16)14)6-7-18-13/h2-7,14-15H,8H2,1H3. The van der Waals surface area contributed by atoms with Crippen LogP contribution in [0.2, 0.25) is 0 Å². The van der Waals surface area contributed by atoms with Crippen LogP contribution < -0.4 is 15.0 Å². The van der Waals surface area contributed by atoms with E-state index in [1.807, 2.05) is 29.2 Å². The number of amidine groups is 1. The van der Waals surface area contributed by atoms with Gasteiger partial charge < -0.3 is 19.4 Å². The van der Waals surface area contributed by atoms with Crippen LogP contribution in [0.4, 0.5) is 11.6 Å². The molecule has 2 aromatic rings. The summed E-state index contributed by atoms with van der Waals surface area (Å²) in [5, 5.41) is 11.4. The van der Waals surface area contributed by atoms with Gasteiger partial charge in [0.15, 0.2) is 0 Å². The number of ether oxygens (including phenoxy) is 1. The number of methoxy groups -OCH3 is 1. The van der Waals surface area contributed by atoms with Crippen molar-refractivity contribution in [3.8, 4) is 5.75 Å². The topological polar surface area (TPSA) is 61.5 Å². The molecule has 1 aliphatic rings. The molecule has 0 atom stereocenters. The minimum atomic E-state index is 0.405. The molecule has 1 aliphatic heterocycles. The maximum atomic E-state index is 8.22. The second-order valence-corrected chi connectivity index (χ2v) is 3.95. The first-order valence-corrected chi connectivity index (χ1v) is 5.62. The van der Waals surface area contributed by atoms with Gasteiger partial charge in [0, 0.05) is 0 Å². The predicted molar refractivity (Wildman–Crippen MR) is 69.5 cm³/mol. The summed E-state index contributed by atoms with van der Waals surface area (Å²) in [5.74, 6) is 1.80. The molecule has 0 saturated carbocycles. The first-order chi connectivity index (χ1) is 8.81. The lowest BCUT2D eigenvalue weighted by Crippen LogP contribution is -2.39. The summed E-state index contributed by atoms with van der Waals surface area (Å²) in [6.45, 7) is 0.486. The zero-order valence-electron chi connectivity index (χ0n) is 9.93. The summed E-state index contributed by atoms with van der Waals surface area (Å²) in [5.41, 5.74) is 1.62. The summed E-state index contributed by atoms with van der Waals surface area (Å²) >= 11 is 0. The third-order valence-corrected chi connectivity index (χ3v) is 2.96. The number of anilines is 2. The maximum absolute atomic E-state index is 8.22. The van der Waals surface area contributed by atoms with Gasteiger partial charge in [-0.2, -0.15) is 0 Å². The van der Waals surface area contributed by atoms with Crippen LogP contribution >= 0.6 is 0 Å². The highest BCUT2D eigenvalue weighted by atomic mass is 16.5. The van der Waals surface area contributed by atoms with Crippen molar-refractivity contribution in [2.24, 2.45) is 0 Å². The molecule has 0 radical (unpaired) electrons. The number of furan rings is 1. The van der Waals surface area contributed by atoms with E-state index in [1.54, 1.807) is 19.4 Å². The normalized spacial score (nSPS) is 14.1. The molecule has 0 fully saturated rings. The number of hydrogen-bond donors (Lipinski definition) is 2. The van der Waals surface area contributed by atoms with Crippen molar-refractivity contribution in [1.29, 1.82) is 5.41 Å². The lowest BCUT2D eigenvalue weighted by Gasteiger charge is -2.30. The summed E-state index contributed by atoms with van der Waals surface area (Å²) in [6, 6.07) is 9.43. The second-order valence-electron chi connectivity index (χ2n) is 3.95. The van der Waals surface area contributed by atoms with Gasteiger partial charge in [0.2, 0.25) is 5.88 Å². The minimum Gasteiger partial charge on any atom is -0.495 e. The van der Waals surface area contributed by atoms with Gasteiger partial charge in [0.25, 0.3) is 0 Å². The van der Waals surface area contributed by atoms with E-state index in [4.69, 9.17) is 14.6 Å². The number of rotatable bonds is 2. The van der Waals surface area contributed by atoms with Gasteiger partial charge in [-0.15, -0.1) is 0 Å². The molecule has 92 valence electrons. The summed E-state index contributed by atoms with van der Waals surface area (Å²) in [4.78, 5) is 1.84. The first kappa shape index (κ1) is 10.7. The molecule has 2 heterocycles. The molecule has 0 bridgehead atoms. The van der Waals surface area contributed by atoms with Crippen molar-refractivity contribution in [3.63, 3.8) is 0 Å². The van der Waals surface area contributed by atoms with Crippen LogP contribution in [0.1, 0.15) is 5.56 Å². The molecule has 1 aromatic carbocycles. The van der Waals surface area contributed by atoms with Crippen LogP contribution in [0.5, 0.6) is 5.75 Å². The van der Waals surface area contributed by atoms with E-state index in [0.29, 0.717) is 18.4 Å². The Morgan fingerprint density at radius 2 is 2.17 bits per heavy atom. The highest BCUT2D eigenvalue weighted by Crippen LogP contribution is 2.32. The van der Waals surface area contributed by atoms with Crippen molar-refractivity contribution in [1.82, 2.24) is 0 Å². The van der Waals surface area contributed by atoms with E-state index in [2.05, 4.69) is 5.32 Å². The molecule has 18 heavy (non-hydrogen) atoms. The maximum Gasteiger partial charge on any atom is 0.205 e. The number of nitrogens with one attached hydrogen (secondary N) is 2. The van der Waals surface area contributed by atoms with E-state index >= 15 is 0 Å². The molecule has 0 unspecified atom stereocenters. The van der Waals surface area contributed by atoms with Crippen molar-refractivity contribution >= 4 is 17.4 Å². The number of benzene rings is 1. The average molecular weight is 243 g/mol. The lowest BCUT2D eigenvalue weighted by molar-refractivity contribution is 0.415. The lowest BCUT2D eigenvalue weighted by atomic mass is 10.2. The molecule has 3 rings (SSSR count). The van der Waals surface area contributed by atoms with Crippen LogP contribution in [-0.2, 0) is 0 Å². The van der Waals surface area contributed by atoms with Crippen LogP contribution in [-0.4, -0.2) is 19.6 Å². The Morgan fingerprint density at radius 1 is 1.33 bits per heavy atom. The molecular formula is C13H13N3O2. The highest BCUT2D eigenvalue weighted by molar-refractivity contribution is 6.12. The van der Waals surface area contributed by atoms with E-state index in [0.717, 1.165) is 17.0 Å². The molecule has 1 aromatic heterocycles. The Morgan fingerprint density at radius 3 is 3.00 bits per heavy atom. The molecular weight excluding hydrogens is 230 g/mol. The Bertz CT molecular complexity index is 591. The Hall–Kier alpha value is -2.43. The fourth-order valence-corrected chi connectivity index (χ4v) is 2.07.